The Morgan fingerprint density at radius 3 is 2.70 bits per heavy atom. The summed E-state index contributed by atoms with van der Waals surface area (Å²) in [4.78, 5) is 25.3. The molecule has 4 N–H and O–H groups in total. The van der Waals surface area contributed by atoms with Crippen LogP contribution in [0.1, 0.15) is 25.7 Å². The van der Waals surface area contributed by atoms with Gasteiger partial charge in [0.2, 0.25) is 5.91 Å². The van der Waals surface area contributed by atoms with Crippen LogP contribution in [0.25, 0.3) is 6.08 Å². The summed E-state index contributed by atoms with van der Waals surface area (Å²) in [7, 11) is 0. The lowest BCUT2D eigenvalue weighted by atomic mass is 10.1. The summed E-state index contributed by atoms with van der Waals surface area (Å²) in [5.41, 5.74) is 6.61. The molecule has 0 fully saturated rings. The number of carbonyl (C=O) groups excluding carboxylic acids is 2. The molecule has 2 rings (SSSR count). The quantitative estimate of drug-likeness (QED) is 0.574. The lowest BCUT2D eigenvalue weighted by Crippen LogP contribution is -2.33. The van der Waals surface area contributed by atoms with Crippen LogP contribution in [0, 0.1) is 13.8 Å². The number of thiophene rings is 2. The van der Waals surface area contributed by atoms with Gasteiger partial charge in [0.25, 0.3) is 5.91 Å². The van der Waals surface area contributed by atoms with Crippen molar-refractivity contribution in [3.05, 3.63) is 44.5 Å². The third-order valence-electron chi connectivity index (χ3n) is 3.04. The van der Waals surface area contributed by atoms with Crippen LogP contribution in [-0.2, 0) is 4.79 Å². The molecule has 120 valence electrons. The number of hydrogen-bond donors (Lipinski definition) is 3. The average molecular weight is 366 g/mol. The molecule has 0 atom stereocenters. The number of rotatable bonds is 4. The maximum atomic E-state index is 11.8. The van der Waals surface area contributed by atoms with Crippen molar-refractivity contribution in [3.63, 3.8) is 0 Å². The second-order valence-corrected chi connectivity index (χ2v) is 7.26. The van der Waals surface area contributed by atoms with E-state index in [2.05, 4.69) is 10.6 Å². The Balaban J connectivity index is 2.01. The van der Waals surface area contributed by atoms with E-state index in [1.807, 2.05) is 31.4 Å². The van der Waals surface area contributed by atoms with Crippen LogP contribution in [-0.4, -0.2) is 16.9 Å². The minimum Gasteiger partial charge on any atom is -0.365 e. The summed E-state index contributed by atoms with van der Waals surface area (Å²) in [6.07, 6.45) is 3.11. The number of anilines is 1. The van der Waals surface area contributed by atoms with Crippen molar-refractivity contribution in [2.45, 2.75) is 13.8 Å². The third kappa shape index (κ3) is 4.47. The zero-order valence-electron chi connectivity index (χ0n) is 12.5. The van der Waals surface area contributed by atoms with Gasteiger partial charge in [-0.15, -0.1) is 22.7 Å². The Labute approximate surface area is 147 Å². The fraction of sp³-hybridized carbons (Fsp3) is 0.133. The molecular formula is C15H15N3O2S3. The number of nitrogens with one attached hydrogen (secondary N) is 2. The van der Waals surface area contributed by atoms with Crippen LogP contribution >= 0.6 is 34.9 Å². The minimum atomic E-state index is -0.527. The molecule has 0 unspecified atom stereocenters. The summed E-state index contributed by atoms with van der Waals surface area (Å²) in [5.74, 6) is -0.873. The van der Waals surface area contributed by atoms with E-state index in [4.69, 9.17) is 18.0 Å². The highest BCUT2D eigenvalue weighted by molar-refractivity contribution is 7.80. The largest absolute Gasteiger partial charge is 0.365 e. The SMILES string of the molecule is Cc1sc(NC(=S)NC(=O)C=Cc2cccs2)c(C(N)=O)c1C. The number of thiocarbonyl (C=S) groups is 1. The van der Waals surface area contributed by atoms with Crippen LogP contribution in [0.5, 0.6) is 0 Å². The first-order valence-electron chi connectivity index (χ1n) is 6.62. The molecule has 8 heteroatoms. The maximum Gasteiger partial charge on any atom is 0.251 e. The number of carbonyl (C=O) groups is 2. The van der Waals surface area contributed by atoms with E-state index < -0.39 is 5.91 Å². The van der Waals surface area contributed by atoms with E-state index in [-0.39, 0.29) is 11.0 Å². The average Bonchev–Trinajstić information content (AvgIpc) is 3.05. The van der Waals surface area contributed by atoms with Gasteiger partial charge < -0.3 is 11.1 Å². The fourth-order valence-corrected chi connectivity index (χ4v) is 3.80. The summed E-state index contributed by atoms with van der Waals surface area (Å²) >= 11 is 8.01. The monoisotopic (exact) mass is 365 g/mol. The van der Waals surface area contributed by atoms with Gasteiger partial charge >= 0.3 is 0 Å². The Morgan fingerprint density at radius 2 is 2.09 bits per heavy atom. The lowest BCUT2D eigenvalue weighted by Gasteiger charge is -2.07. The van der Waals surface area contributed by atoms with Crippen molar-refractivity contribution < 1.29 is 9.59 Å². The second kappa shape index (κ2) is 7.49. The predicted molar refractivity (Wildman–Crippen MR) is 100 cm³/mol. The van der Waals surface area contributed by atoms with Gasteiger partial charge in [-0.05, 0) is 49.2 Å². The highest BCUT2D eigenvalue weighted by atomic mass is 32.1. The van der Waals surface area contributed by atoms with E-state index in [1.54, 1.807) is 6.08 Å². The first-order chi connectivity index (χ1) is 10.9. The zero-order chi connectivity index (χ0) is 17.0. The summed E-state index contributed by atoms with van der Waals surface area (Å²) in [6.45, 7) is 3.71. The molecule has 0 radical (unpaired) electrons. The first kappa shape index (κ1) is 17.3. The highest BCUT2D eigenvalue weighted by Gasteiger charge is 2.18. The van der Waals surface area contributed by atoms with Crippen LogP contribution in [0.3, 0.4) is 0 Å². The van der Waals surface area contributed by atoms with Crippen molar-refractivity contribution in [2.75, 3.05) is 5.32 Å². The number of hydrogen-bond acceptors (Lipinski definition) is 5. The molecule has 0 bridgehead atoms. The van der Waals surface area contributed by atoms with E-state index in [9.17, 15) is 9.59 Å². The minimum absolute atomic E-state index is 0.120. The van der Waals surface area contributed by atoms with Gasteiger partial charge in [0.05, 0.1) is 5.56 Å². The molecule has 0 saturated heterocycles. The lowest BCUT2D eigenvalue weighted by molar-refractivity contribution is -0.115. The Hall–Kier alpha value is -2.03. The number of primary amides is 1. The third-order valence-corrected chi connectivity index (χ3v) is 5.20. The van der Waals surface area contributed by atoms with Crippen molar-refractivity contribution in [3.8, 4) is 0 Å². The molecule has 0 aliphatic carbocycles. The van der Waals surface area contributed by atoms with Gasteiger partial charge in [-0.2, -0.15) is 0 Å². The van der Waals surface area contributed by atoms with E-state index in [1.165, 1.54) is 28.7 Å². The second-order valence-electron chi connectivity index (χ2n) is 4.64. The standard InChI is InChI=1S/C15H15N3O2S3/c1-8-9(2)23-14(12(8)13(16)20)18-15(21)17-11(19)6-5-10-4-3-7-22-10/h3-7H,1-2H3,(H2,16,20)(H2,17,18,19,21). The molecule has 0 aromatic carbocycles. The molecule has 0 aliphatic rings. The van der Waals surface area contributed by atoms with Crippen molar-refractivity contribution in [1.82, 2.24) is 5.32 Å². The van der Waals surface area contributed by atoms with Crippen molar-refractivity contribution >= 4 is 62.9 Å². The zero-order valence-corrected chi connectivity index (χ0v) is 15.0. The van der Waals surface area contributed by atoms with Gasteiger partial charge in [0.15, 0.2) is 5.11 Å². The summed E-state index contributed by atoms with van der Waals surface area (Å²) in [6, 6.07) is 3.81. The molecule has 2 heterocycles. The Kier molecular flexibility index (Phi) is 5.64. The van der Waals surface area contributed by atoms with Crippen LogP contribution in [0.4, 0.5) is 5.00 Å². The van der Waals surface area contributed by atoms with Crippen LogP contribution < -0.4 is 16.4 Å². The Bertz CT molecular complexity index is 776. The molecule has 5 nitrogen and oxygen atoms in total. The van der Waals surface area contributed by atoms with E-state index in [0.717, 1.165) is 15.3 Å². The van der Waals surface area contributed by atoms with E-state index in [0.29, 0.717) is 10.6 Å². The Morgan fingerprint density at radius 1 is 1.35 bits per heavy atom. The highest BCUT2D eigenvalue weighted by Crippen LogP contribution is 2.31. The molecule has 2 amide bonds. The first-order valence-corrected chi connectivity index (χ1v) is 8.72. The number of aryl methyl sites for hydroxylation is 1. The molecule has 2 aromatic rings. The predicted octanol–water partition coefficient (Wildman–Crippen LogP) is 3.05. The topological polar surface area (TPSA) is 84.2 Å². The maximum absolute atomic E-state index is 11.8. The van der Waals surface area contributed by atoms with Crippen LogP contribution in [0.15, 0.2) is 23.6 Å². The van der Waals surface area contributed by atoms with Gasteiger partial charge in [0.1, 0.15) is 5.00 Å². The van der Waals surface area contributed by atoms with Crippen LogP contribution in [0.2, 0.25) is 0 Å². The molecule has 23 heavy (non-hydrogen) atoms. The summed E-state index contributed by atoms with van der Waals surface area (Å²) < 4.78 is 0. The van der Waals surface area contributed by atoms with Gasteiger partial charge in [-0.25, -0.2) is 0 Å². The molecule has 0 saturated carbocycles. The molecule has 2 aromatic heterocycles. The molecule has 0 spiro atoms. The van der Waals surface area contributed by atoms with Gasteiger partial charge in [0, 0.05) is 15.8 Å². The van der Waals surface area contributed by atoms with Gasteiger partial charge in [-0.1, -0.05) is 6.07 Å². The normalized spacial score (nSPS) is 10.7. The van der Waals surface area contributed by atoms with Crippen molar-refractivity contribution in [2.24, 2.45) is 5.73 Å². The molecule has 0 aliphatic heterocycles. The smallest absolute Gasteiger partial charge is 0.251 e. The van der Waals surface area contributed by atoms with E-state index >= 15 is 0 Å². The fourth-order valence-electron chi connectivity index (χ4n) is 1.84. The number of amides is 2. The van der Waals surface area contributed by atoms with Crippen molar-refractivity contribution in [1.29, 1.82) is 0 Å². The molecular weight excluding hydrogens is 350 g/mol. The van der Waals surface area contributed by atoms with Gasteiger partial charge in [-0.3, -0.25) is 14.9 Å². The summed E-state index contributed by atoms with van der Waals surface area (Å²) in [5, 5.41) is 7.99. The number of nitrogens with two attached hydrogens (primary N) is 1.